The fourth-order valence-electron chi connectivity index (χ4n) is 0.716. The molecule has 2 N–H and O–H groups in total. The highest BCUT2D eigenvalue weighted by atomic mass is 32.2. The van der Waals surface area contributed by atoms with Gasteiger partial charge in [0.25, 0.3) is 10.1 Å². The van der Waals surface area contributed by atoms with Crippen LogP contribution >= 0.6 is 0 Å². The topological polar surface area (TPSA) is 83.8 Å². The van der Waals surface area contributed by atoms with Crippen LogP contribution in [0.25, 0.3) is 0 Å². The van der Waals surface area contributed by atoms with Crippen molar-refractivity contribution in [2.75, 3.05) is 12.4 Å². The SMILES string of the molecule is CCOC(O)CCCS(=O)(=O)O. The second kappa shape index (κ2) is 5.47. The molecule has 0 heterocycles. The maximum atomic E-state index is 10.2. The van der Waals surface area contributed by atoms with Crippen molar-refractivity contribution in [1.29, 1.82) is 0 Å². The summed E-state index contributed by atoms with van der Waals surface area (Å²) in [6.45, 7) is 2.11. The Morgan fingerprint density at radius 2 is 2.08 bits per heavy atom. The van der Waals surface area contributed by atoms with Gasteiger partial charge in [-0.25, -0.2) is 0 Å². The van der Waals surface area contributed by atoms with Gasteiger partial charge in [-0.15, -0.1) is 0 Å². The Balaban J connectivity index is 3.44. The normalized spacial score (nSPS) is 14.6. The Hall–Kier alpha value is -0.170. The van der Waals surface area contributed by atoms with E-state index >= 15 is 0 Å². The standard InChI is InChI=1S/C6H14O5S/c1-2-11-6(7)4-3-5-12(8,9)10/h6-7H,2-5H2,1H3,(H,8,9,10). The number of hydrogen-bond acceptors (Lipinski definition) is 4. The van der Waals surface area contributed by atoms with Crippen LogP contribution in [-0.2, 0) is 14.9 Å². The molecule has 0 rings (SSSR count). The zero-order chi connectivity index (χ0) is 9.61. The summed E-state index contributed by atoms with van der Waals surface area (Å²) in [6.07, 6.45) is -0.523. The fourth-order valence-corrected chi connectivity index (χ4v) is 1.25. The first-order chi connectivity index (χ1) is 5.45. The summed E-state index contributed by atoms with van der Waals surface area (Å²) >= 11 is 0. The van der Waals surface area contributed by atoms with E-state index in [1.54, 1.807) is 6.92 Å². The summed E-state index contributed by atoms with van der Waals surface area (Å²) in [6, 6.07) is 0. The lowest BCUT2D eigenvalue weighted by Gasteiger charge is -2.08. The van der Waals surface area contributed by atoms with E-state index in [-0.39, 0.29) is 18.6 Å². The molecule has 1 unspecified atom stereocenters. The van der Waals surface area contributed by atoms with Crippen LogP contribution < -0.4 is 0 Å². The van der Waals surface area contributed by atoms with E-state index in [2.05, 4.69) is 0 Å². The summed E-state index contributed by atoms with van der Waals surface area (Å²) in [7, 11) is -3.90. The Bertz CT molecular complexity index is 198. The van der Waals surface area contributed by atoms with E-state index in [1.165, 1.54) is 0 Å². The molecule has 0 radical (unpaired) electrons. The minimum absolute atomic E-state index is 0.194. The van der Waals surface area contributed by atoms with Crippen LogP contribution in [0.4, 0.5) is 0 Å². The van der Waals surface area contributed by atoms with Gasteiger partial charge < -0.3 is 9.84 Å². The molecular formula is C6H14O5S. The predicted molar refractivity (Wildman–Crippen MR) is 43.3 cm³/mol. The monoisotopic (exact) mass is 198 g/mol. The number of ether oxygens (including phenoxy) is 1. The second-order valence-corrected chi connectivity index (χ2v) is 3.91. The van der Waals surface area contributed by atoms with Gasteiger partial charge in [-0.1, -0.05) is 0 Å². The third-order valence-corrected chi connectivity index (χ3v) is 2.02. The van der Waals surface area contributed by atoms with Gasteiger partial charge in [0.1, 0.15) is 0 Å². The molecule has 5 nitrogen and oxygen atoms in total. The van der Waals surface area contributed by atoms with Crippen LogP contribution in [0.5, 0.6) is 0 Å². The Morgan fingerprint density at radius 1 is 1.50 bits per heavy atom. The molecule has 0 aliphatic heterocycles. The average molecular weight is 198 g/mol. The number of aliphatic hydroxyl groups is 1. The summed E-state index contributed by atoms with van der Waals surface area (Å²) < 4.78 is 33.5. The van der Waals surface area contributed by atoms with Crippen molar-refractivity contribution in [3.05, 3.63) is 0 Å². The van der Waals surface area contributed by atoms with Gasteiger partial charge >= 0.3 is 0 Å². The van der Waals surface area contributed by atoms with E-state index in [1.807, 2.05) is 0 Å². The van der Waals surface area contributed by atoms with Gasteiger partial charge in [-0.05, 0) is 19.8 Å². The van der Waals surface area contributed by atoms with Gasteiger partial charge in [0.15, 0.2) is 6.29 Å². The molecule has 0 aliphatic carbocycles. The van der Waals surface area contributed by atoms with Crippen molar-refractivity contribution in [3.63, 3.8) is 0 Å². The smallest absolute Gasteiger partial charge is 0.264 e. The fraction of sp³-hybridized carbons (Fsp3) is 1.00. The molecule has 0 aromatic rings. The van der Waals surface area contributed by atoms with E-state index in [4.69, 9.17) is 14.4 Å². The third-order valence-electron chi connectivity index (χ3n) is 1.21. The molecule has 0 amide bonds. The molecule has 6 heteroatoms. The molecule has 0 spiro atoms. The molecule has 74 valence electrons. The van der Waals surface area contributed by atoms with Crippen LogP contribution in [0.15, 0.2) is 0 Å². The highest BCUT2D eigenvalue weighted by Crippen LogP contribution is 2.00. The van der Waals surface area contributed by atoms with Gasteiger partial charge in [0, 0.05) is 6.61 Å². The van der Waals surface area contributed by atoms with E-state index in [0.29, 0.717) is 6.61 Å². The summed E-state index contributed by atoms with van der Waals surface area (Å²) in [5.74, 6) is -0.336. The third kappa shape index (κ3) is 7.93. The molecule has 12 heavy (non-hydrogen) atoms. The molecule has 0 fully saturated rings. The van der Waals surface area contributed by atoms with E-state index in [0.717, 1.165) is 0 Å². The first-order valence-electron chi connectivity index (χ1n) is 3.70. The maximum absolute atomic E-state index is 10.2. The molecule has 0 bridgehead atoms. The predicted octanol–water partition coefficient (Wildman–Crippen LogP) is 0.00930. The van der Waals surface area contributed by atoms with Crippen LogP contribution in [0.1, 0.15) is 19.8 Å². The molecule has 0 saturated heterocycles. The highest BCUT2D eigenvalue weighted by molar-refractivity contribution is 7.85. The van der Waals surface area contributed by atoms with Crippen molar-refractivity contribution >= 4 is 10.1 Å². The van der Waals surface area contributed by atoms with Gasteiger partial charge in [-0.3, -0.25) is 4.55 Å². The average Bonchev–Trinajstić information content (AvgIpc) is 1.84. The van der Waals surface area contributed by atoms with Crippen molar-refractivity contribution in [2.45, 2.75) is 26.1 Å². The molecule has 0 aromatic carbocycles. The largest absolute Gasteiger partial charge is 0.368 e. The van der Waals surface area contributed by atoms with Gasteiger partial charge in [0.2, 0.25) is 0 Å². The summed E-state index contributed by atoms with van der Waals surface area (Å²) in [4.78, 5) is 0. The Morgan fingerprint density at radius 3 is 2.50 bits per heavy atom. The van der Waals surface area contributed by atoms with Crippen LogP contribution in [0, 0.1) is 0 Å². The maximum Gasteiger partial charge on any atom is 0.264 e. The van der Waals surface area contributed by atoms with Crippen LogP contribution in [0.3, 0.4) is 0 Å². The summed E-state index contributed by atoms with van der Waals surface area (Å²) in [5.41, 5.74) is 0. The van der Waals surface area contributed by atoms with Gasteiger partial charge in [-0.2, -0.15) is 8.42 Å². The van der Waals surface area contributed by atoms with Crippen molar-refractivity contribution < 1.29 is 22.8 Å². The highest BCUT2D eigenvalue weighted by Gasteiger charge is 2.07. The van der Waals surface area contributed by atoms with Crippen molar-refractivity contribution in [1.82, 2.24) is 0 Å². The second-order valence-electron chi connectivity index (χ2n) is 2.34. The zero-order valence-corrected chi connectivity index (χ0v) is 7.75. The number of aliphatic hydroxyl groups excluding tert-OH is 1. The first kappa shape index (κ1) is 11.8. The minimum atomic E-state index is -3.90. The summed E-state index contributed by atoms with van der Waals surface area (Å²) in [5, 5.41) is 8.95. The van der Waals surface area contributed by atoms with Crippen LogP contribution in [0.2, 0.25) is 0 Å². The molecule has 0 aromatic heterocycles. The lowest BCUT2D eigenvalue weighted by Crippen LogP contribution is -2.14. The van der Waals surface area contributed by atoms with Crippen molar-refractivity contribution in [2.24, 2.45) is 0 Å². The van der Waals surface area contributed by atoms with Gasteiger partial charge in [0.05, 0.1) is 5.75 Å². The van der Waals surface area contributed by atoms with E-state index in [9.17, 15) is 8.42 Å². The zero-order valence-electron chi connectivity index (χ0n) is 6.93. The lowest BCUT2D eigenvalue weighted by molar-refractivity contribution is -0.0984. The molecule has 0 aliphatic rings. The molecular weight excluding hydrogens is 184 g/mol. The number of hydrogen-bond donors (Lipinski definition) is 2. The van der Waals surface area contributed by atoms with E-state index < -0.39 is 16.4 Å². The Labute approximate surface area is 72.1 Å². The minimum Gasteiger partial charge on any atom is -0.368 e. The van der Waals surface area contributed by atoms with Crippen LogP contribution in [-0.4, -0.2) is 36.7 Å². The molecule has 0 saturated carbocycles. The molecule has 1 atom stereocenters. The number of rotatable bonds is 6. The lowest BCUT2D eigenvalue weighted by atomic mass is 10.3. The van der Waals surface area contributed by atoms with Crippen molar-refractivity contribution in [3.8, 4) is 0 Å². The quantitative estimate of drug-likeness (QED) is 0.464. The Kier molecular flexibility index (Phi) is 5.39. The first-order valence-corrected chi connectivity index (χ1v) is 5.31.